The number of nitrogens with two attached hydrogens (primary N) is 1. The van der Waals surface area contributed by atoms with Crippen molar-refractivity contribution in [3.63, 3.8) is 0 Å². The second-order valence-electron chi connectivity index (χ2n) is 3.00. The predicted molar refractivity (Wildman–Crippen MR) is 43.4 cm³/mol. The molecule has 0 aliphatic rings. The minimum atomic E-state index is -0.838. The summed E-state index contributed by atoms with van der Waals surface area (Å²) in [6.07, 6.45) is 0.802. The highest BCUT2D eigenvalue weighted by Crippen LogP contribution is 2.00. The second kappa shape index (κ2) is 4.31. The Balaban J connectivity index is 3.64. The highest BCUT2D eigenvalue weighted by Gasteiger charge is 2.25. The summed E-state index contributed by atoms with van der Waals surface area (Å²) in [5.41, 5.74) is 4.41. The zero-order chi connectivity index (χ0) is 8.91. The van der Waals surface area contributed by atoms with Gasteiger partial charge in [0.2, 0.25) is 0 Å². The van der Waals surface area contributed by atoms with Gasteiger partial charge >= 0.3 is 5.97 Å². The van der Waals surface area contributed by atoms with E-state index in [0.29, 0.717) is 13.1 Å². The molecule has 0 fully saturated rings. The standard InChI is InChI=1S/C7H16N2O2/c1-7(2,6(10)11)9-5-3-4-8/h9H,3-5,8H2,1-2H3,(H,10,11). The fourth-order valence-electron chi connectivity index (χ4n) is 0.579. The number of aliphatic carboxylic acids is 1. The summed E-state index contributed by atoms with van der Waals surface area (Å²) in [7, 11) is 0. The van der Waals surface area contributed by atoms with Crippen LogP contribution < -0.4 is 11.1 Å². The molecule has 0 aromatic carbocycles. The van der Waals surface area contributed by atoms with Gasteiger partial charge < -0.3 is 16.2 Å². The van der Waals surface area contributed by atoms with Crippen molar-refractivity contribution < 1.29 is 9.90 Å². The van der Waals surface area contributed by atoms with Crippen LogP contribution in [0.1, 0.15) is 20.3 Å². The molecule has 0 heterocycles. The van der Waals surface area contributed by atoms with E-state index in [1.165, 1.54) is 0 Å². The molecule has 4 nitrogen and oxygen atoms in total. The van der Waals surface area contributed by atoms with Crippen molar-refractivity contribution in [2.45, 2.75) is 25.8 Å². The predicted octanol–water partition coefficient (Wildman–Crippen LogP) is -0.212. The van der Waals surface area contributed by atoms with Crippen LogP contribution in [0, 0.1) is 0 Å². The summed E-state index contributed by atoms with van der Waals surface area (Å²) in [6.45, 7) is 4.50. The number of nitrogens with one attached hydrogen (secondary N) is 1. The van der Waals surface area contributed by atoms with Gasteiger partial charge in [0.15, 0.2) is 0 Å². The van der Waals surface area contributed by atoms with E-state index < -0.39 is 11.5 Å². The molecule has 0 saturated carbocycles. The molecule has 0 bridgehead atoms. The Labute approximate surface area is 66.8 Å². The average molecular weight is 160 g/mol. The molecular formula is C7H16N2O2. The van der Waals surface area contributed by atoms with Crippen LogP contribution in [0.25, 0.3) is 0 Å². The topological polar surface area (TPSA) is 75.3 Å². The molecule has 0 aromatic rings. The Morgan fingerprint density at radius 1 is 1.64 bits per heavy atom. The van der Waals surface area contributed by atoms with Gasteiger partial charge in [0.05, 0.1) is 0 Å². The first kappa shape index (κ1) is 10.4. The van der Waals surface area contributed by atoms with E-state index >= 15 is 0 Å². The molecule has 66 valence electrons. The van der Waals surface area contributed by atoms with Crippen molar-refractivity contribution in [1.82, 2.24) is 5.32 Å². The van der Waals surface area contributed by atoms with Crippen molar-refractivity contribution in [3.8, 4) is 0 Å². The third-order valence-electron chi connectivity index (χ3n) is 1.48. The first-order chi connectivity index (χ1) is 5.00. The summed E-state index contributed by atoms with van der Waals surface area (Å²) in [5, 5.41) is 11.5. The first-order valence-corrected chi connectivity index (χ1v) is 3.69. The zero-order valence-corrected chi connectivity index (χ0v) is 7.05. The van der Waals surface area contributed by atoms with Crippen molar-refractivity contribution in [1.29, 1.82) is 0 Å². The van der Waals surface area contributed by atoms with E-state index in [1.807, 2.05) is 0 Å². The summed E-state index contributed by atoms with van der Waals surface area (Å²) < 4.78 is 0. The van der Waals surface area contributed by atoms with E-state index in [0.717, 1.165) is 6.42 Å². The molecule has 0 unspecified atom stereocenters. The number of hydrogen-bond acceptors (Lipinski definition) is 3. The third kappa shape index (κ3) is 3.95. The van der Waals surface area contributed by atoms with Gasteiger partial charge in [0, 0.05) is 0 Å². The van der Waals surface area contributed by atoms with Gasteiger partial charge in [-0.3, -0.25) is 4.79 Å². The Morgan fingerprint density at radius 3 is 2.55 bits per heavy atom. The van der Waals surface area contributed by atoms with Crippen molar-refractivity contribution >= 4 is 5.97 Å². The smallest absolute Gasteiger partial charge is 0.323 e. The monoisotopic (exact) mass is 160 g/mol. The first-order valence-electron chi connectivity index (χ1n) is 3.69. The largest absolute Gasteiger partial charge is 0.480 e. The van der Waals surface area contributed by atoms with E-state index in [2.05, 4.69) is 5.32 Å². The Morgan fingerprint density at radius 2 is 2.18 bits per heavy atom. The summed E-state index contributed by atoms with van der Waals surface area (Å²) >= 11 is 0. The fourth-order valence-corrected chi connectivity index (χ4v) is 0.579. The number of carbonyl (C=O) groups is 1. The van der Waals surface area contributed by atoms with Crippen LogP contribution >= 0.6 is 0 Å². The van der Waals surface area contributed by atoms with Crippen LogP contribution in [0.15, 0.2) is 0 Å². The molecule has 0 spiro atoms. The van der Waals surface area contributed by atoms with Gasteiger partial charge in [-0.2, -0.15) is 0 Å². The van der Waals surface area contributed by atoms with Gasteiger partial charge in [0.1, 0.15) is 5.54 Å². The van der Waals surface area contributed by atoms with Gasteiger partial charge in [-0.1, -0.05) is 0 Å². The lowest BCUT2D eigenvalue weighted by Gasteiger charge is -2.20. The lowest BCUT2D eigenvalue weighted by molar-refractivity contribution is -0.143. The molecule has 0 radical (unpaired) electrons. The van der Waals surface area contributed by atoms with Crippen molar-refractivity contribution in [2.24, 2.45) is 5.73 Å². The molecule has 0 rings (SSSR count). The van der Waals surface area contributed by atoms with Crippen LogP contribution in [-0.2, 0) is 4.79 Å². The lowest BCUT2D eigenvalue weighted by atomic mass is 10.1. The molecule has 0 amide bonds. The molecule has 4 heteroatoms. The van der Waals surface area contributed by atoms with Crippen LogP contribution in [0.3, 0.4) is 0 Å². The molecule has 11 heavy (non-hydrogen) atoms. The maximum Gasteiger partial charge on any atom is 0.323 e. The van der Waals surface area contributed by atoms with Crippen LogP contribution in [0.4, 0.5) is 0 Å². The van der Waals surface area contributed by atoms with E-state index in [1.54, 1.807) is 13.8 Å². The average Bonchev–Trinajstić information content (AvgIpc) is 1.88. The normalized spacial score (nSPS) is 11.5. The molecule has 0 atom stereocenters. The molecule has 0 saturated heterocycles. The van der Waals surface area contributed by atoms with Gasteiger partial charge in [-0.25, -0.2) is 0 Å². The van der Waals surface area contributed by atoms with Gasteiger partial charge in [-0.15, -0.1) is 0 Å². The second-order valence-corrected chi connectivity index (χ2v) is 3.00. The number of rotatable bonds is 5. The summed E-state index contributed by atoms with van der Waals surface area (Å²) in [6, 6.07) is 0. The minimum absolute atomic E-state index is 0.586. The van der Waals surface area contributed by atoms with Crippen LogP contribution in [-0.4, -0.2) is 29.7 Å². The van der Waals surface area contributed by atoms with E-state index in [4.69, 9.17) is 10.8 Å². The van der Waals surface area contributed by atoms with Crippen LogP contribution in [0.5, 0.6) is 0 Å². The molecular weight excluding hydrogens is 144 g/mol. The van der Waals surface area contributed by atoms with Crippen molar-refractivity contribution in [2.75, 3.05) is 13.1 Å². The van der Waals surface area contributed by atoms with Gasteiger partial charge in [-0.05, 0) is 33.4 Å². The highest BCUT2D eigenvalue weighted by atomic mass is 16.4. The zero-order valence-electron chi connectivity index (χ0n) is 7.05. The maximum absolute atomic E-state index is 10.5. The molecule has 0 aliphatic carbocycles. The highest BCUT2D eigenvalue weighted by molar-refractivity contribution is 5.77. The summed E-state index contributed by atoms with van der Waals surface area (Å²) in [5.74, 6) is -0.838. The number of hydrogen-bond donors (Lipinski definition) is 3. The molecule has 4 N–H and O–H groups in total. The number of carboxylic acids is 1. The maximum atomic E-state index is 10.5. The summed E-state index contributed by atoms with van der Waals surface area (Å²) in [4.78, 5) is 10.5. The SMILES string of the molecule is CC(C)(NCCCN)C(=O)O. The van der Waals surface area contributed by atoms with E-state index in [9.17, 15) is 4.79 Å². The number of carboxylic acid groups (broad SMARTS) is 1. The third-order valence-corrected chi connectivity index (χ3v) is 1.48. The Kier molecular flexibility index (Phi) is 4.07. The lowest BCUT2D eigenvalue weighted by Crippen LogP contribution is -2.47. The Hall–Kier alpha value is -0.610. The fraction of sp³-hybridized carbons (Fsp3) is 0.857. The Bertz CT molecular complexity index is 134. The molecule has 0 aromatic heterocycles. The van der Waals surface area contributed by atoms with E-state index in [-0.39, 0.29) is 0 Å². The van der Waals surface area contributed by atoms with Crippen LogP contribution in [0.2, 0.25) is 0 Å². The van der Waals surface area contributed by atoms with Crippen molar-refractivity contribution in [3.05, 3.63) is 0 Å². The quantitative estimate of drug-likeness (QED) is 0.486. The minimum Gasteiger partial charge on any atom is -0.480 e. The molecule has 0 aliphatic heterocycles. The van der Waals surface area contributed by atoms with Gasteiger partial charge in [0.25, 0.3) is 0 Å².